The first kappa shape index (κ1) is 15.8. The predicted molar refractivity (Wildman–Crippen MR) is 59.9 cm³/mol. The Balaban J connectivity index is 3.75. The smallest absolute Gasteiger partial charge is 0.0589 e. The summed E-state index contributed by atoms with van der Waals surface area (Å²) in [6.45, 7) is 3.13. The fraction of sp³-hybridized carbons (Fsp3) is 1.00. The van der Waals surface area contributed by atoms with Gasteiger partial charge in [-0.25, -0.2) is 0 Å². The number of hydrogen-bond acceptors (Lipinski definition) is 5. The Morgan fingerprint density at radius 3 is 1.06 bits per heavy atom. The van der Waals surface area contributed by atoms with Gasteiger partial charge in [0.05, 0.1) is 30.5 Å². The SMILES string of the molecule is C[C@H](O)C[C@H](O)C[C@@H](O)C[C@H](O)C[C@@H](C)O. The van der Waals surface area contributed by atoms with Gasteiger partial charge in [-0.2, -0.15) is 0 Å². The van der Waals surface area contributed by atoms with Crippen LogP contribution in [-0.2, 0) is 0 Å². The van der Waals surface area contributed by atoms with E-state index in [1.807, 2.05) is 0 Å². The van der Waals surface area contributed by atoms with Crippen molar-refractivity contribution in [2.75, 3.05) is 0 Å². The van der Waals surface area contributed by atoms with Crippen LogP contribution < -0.4 is 0 Å². The minimum Gasteiger partial charge on any atom is -0.393 e. The van der Waals surface area contributed by atoms with Gasteiger partial charge >= 0.3 is 0 Å². The lowest BCUT2D eigenvalue weighted by atomic mass is 10.00. The Bertz CT molecular complexity index is 154. The molecule has 0 bridgehead atoms. The topological polar surface area (TPSA) is 101 Å². The summed E-state index contributed by atoms with van der Waals surface area (Å²) in [5.74, 6) is 0. The summed E-state index contributed by atoms with van der Waals surface area (Å²) in [6.07, 6.45) is -2.89. The fourth-order valence-corrected chi connectivity index (χ4v) is 1.70. The maximum atomic E-state index is 9.53. The van der Waals surface area contributed by atoms with Crippen LogP contribution in [-0.4, -0.2) is 56.1 Å². The van der Waals surface area contributed by atoms with E-state index >= 15 is 0 Å². The lowest BCUT2D eigenvalue weighted by molar-refractivity contribution is 0.0108. The molecule has 98 valence electrons. The minimum atomic E-state index is -0.817. The molecular formula is C11H24O5. The second-order valence-electron chi connectivity index (χ2n) is 4.60. The molecule has 0 aromatic carbocycles. The van der Waals surface area contributed by atoms with Gasteiger partial charge < -0.3 is 25.5 Å². The molecule has 16 heavy (non-hydrogen) atoms. The highest BCUT2D eigenvalue weighted by molar-refractivity contribution is 4.70. The summed E-state index contributed by atoms with van der Waals surface area (Å²) in [4.78, 5) is 0. The molecule has 5 N–H and O–H groups in total. The molecule has 0 radical (unpaired) electrons. The molecule has 0 fully saturated rings. The second kappa shape index (κ2) is 7.97. The highest BCUT2D eigenvalue weighted by atomic mass is 16.3. The number of rotatable bonds is 8. The van der Waals surface area contributed by atoms with Gasteiger partial charge in [0, 0.05) is 0 Å². The molecule has 0 aromatic rings. The van der Waals surface area contributed by atoms with E-state index < -0.39 is 30.5 Å². The number of aliphatic hydroxyl groups excluding tert-OH is 5. The van der Waals surface area contributed by atoms with Crippen molar-refractivity contribution >= 4 is 0 Å². The van der Waals surface area contributed by atoms with Crippen LogP contribution in [0.25, 0.3) is 0 Å². The van der Waals surface area contributed by atoms with Crippen LogP contribution in [0.15, 0.2) is 0 Å². The normalized spacial score (nSPS) is 21.2. The summed E-state index contributed by atoms with van der Waals surface area (Å²) in [5.41, 5.74) is 0. The Hall–Kier alpha value is -0.200. The number of aliphatic hydroxyl groups is 5. The molecule has 0 aliphatic rings. The quantitative estimate of drug-likeness (QED) is 0.387. The van der Waals surface area contributed by atoms with Crippen LogP contribution in [0, 0.1) is 0 Å². The average molecular weight is 236 g/mol. The Morgan fingerprint density at radius 2 is 0.812 bits per heavy atom. The first-order valence-corrected chi connectivity index (χ1v) is 5.71. The van der Waals surface area contributed by atoms with E-state index in [0.717, 1.165) is 0 Å². The highest BCUT2D eigenvalue weighted by Gasteiger charge is 2.18. The molecule has 0 aliphatic heterocycles. The summed E-state index contributed by atoms with van der Waals surface area (Å²) in [7, 11) is 0. The number of hydrogen-bond donors (Lipinski definition) is 5. The van der Waals surface area contributed by atoms with E-state index in [1.165, 1.54) is 0 Å². The third-order valence-corrected chi connectivity index (χ3v) is 2.31. The van der Waals surface area contributed by atoms with Crippen LogP contribution in [0.3, 0.4) is 0 Å². The monoisotopic (exact) mass is 236 g/mol. The van der Waals surface area contributed by atoms with Crippen molar-refractivity contribution in [3.05, 3.63) is 0 Å². The molecule has 0 heterocycles. The van der Waals surface area contributed by atoms with E-state index in [2.05, 4.69) is 0 Å². The van der Waals surface area contributed by atoms with Crippen LogP contribution >= 0.6 is 0 Å². The van der Waals surface area contributed by atoms with Crippen molar-refractivity contribution in [1.82, 2.24) is 0 Å². The predicted octanol–water partition coefficient (Wildman–Crippen LogP) is -0.609. The fourth-order valence-electron chi connectivity index (χ4n) is 1.70. The van der Waals surface area contributed by atoms with Crippen LogP contribution in [0.1, 0.15) is 39.5 Å². The van der Waals surface area contributed by atoms with E-state index in [-0.39, 0.29) is 25.7 Å². The summed E-state index contributed by atoms with van der Waals surface area (Å²) in [6, 6.07) is 0. The zero-order valence-corrected chi connectivity index (χ0v) is 9.95. The van der Waals surface area contributed by atoms with E-state index in [1.54, 1.807) is 13.8 Å². The molecule has 5 atom stereocenters. The molecule has 0 aromatic heterocycles. The van der Waals surface area contributed by atoms with Gasteiger partial charge in [0.15, 0.2) is 0 Å². The molecule has 0 saturated carbocycles. The Morgan fingerprint density at radius 1 is 0.562 bits per heavy atom. The van der Waals surface area contributed by atoms with E-state index in [9.17, 15) is 15.3 Å². The Kier molecular flexibility index (Phi) is 7.87. The molecule has 0 unspecified atom stereocenters. The van der Waals surface area contributed by atoms with Gasteiger partial charge in [0.2, 0.25) is 0 Å². The average Bonchev–Trinajstić information content (AvgIpc) is 1.97. The van der Waals surface area contributed by atoms with Crippen molar-refractivity contribution in [2.24, 2.45) is 0 Å². The van der Waals surface area contributed by atoms with Crippen molar-refractivity contribution in [3.8, 4) is 0 Å². The van der Waals surface area contributed by atoms with Gasteiger partial charge in [0.25, 0.3) is 0 Å². The molecular weight excluding hydrogens is 212 g/mol. The summed E-state index contributed by atoms with van der Waals surface area (Å²) >= 11 is 0. The molecule has 0 rings (SSSR count). The van der Waals surface area contributed by atoms with Crippen LogP contribution in [0.4, 0.5) is 0 Å². The summed E-state index contributed by atoms with van der Waals surface area (Å²) < 4.78 is 0. The lowest BCUT2D eigenvalue weighted by Crippen LogP contribution is -2.26. The van der Waals surface area contributed by atoms with Gasteiger partial charge in [-0.1, -0.05) is 0 Å². The van der Waals surface area contributed by atoms with E-state index in [4.69, 9.17) is 10.2 Å². The zero-order valence-electron chi connectivity index (χ0n) is 9.95. The first-order valence-electron chi connectivity index (χ1n) is 5.71. The largest absolute Gasteiger partial charge is 0.393 e. The van der Waals surface area contributed by atoms with Crippen molar-refractivity contribution in [1.29, 1.82) is 0 Å². The van der Waals surface area contributed by atoms with Crippen LogP contribution in [0.5, 0.6) is 0 Å². The zero-order chi connectivity index (χ0) is 12.7. The highest BCUT2D eigenvalue weighted by Crippen LogP contribution is 2.12. The Labute approximate surface area is 96.4 Å². The third-order valence-electron chi connectivity index (χ3n) is 2.31. The molecule has 0 amide bonds. The third kappa shape index (κ3) is 9.06. The first-order chi connectivity index (χ1) is 7.31. The maximum absolute atomic E-state index is 9.53. The summed E-state index contributed by atoms with van der Waals surface area (Å²) in [5, 5.41) is 46.4. The van der Waals surface area contributed by atoms with Crippen molar-refractivity contribution in [3.63, 3.8) is 0 Å². The molecule has 0 aliphatic carbocycles. The van der Waals surface area contributed by atoms with E-state index in [0.29, 0.717) is 0 Å². The van der Waals surface area contributed by atoms with Gasteiger partial charge in [0.1, 0.15) is 0 Å². The van der Waals surface area contributed by atoms with Gasteiger partial charge in [-0.15, -0.1) is 0 Å². The maximum Gasteiger partial charge on any atom is 0.0589 e. The molecule has 5 nitrogen and oxygen atoms in total. The van der Waals surface area contributed by atoms with Gasteiger partial charge in [-0.05, 0) is 39.5 Å². The molecule has 0 spiro atoms. The molecule has 5 heteroatoms. The van der Waals surface area contributed by atoms with Crippen molar-refractivity contribution < 1.29 is 25.5 Å². The van der Waals surface area contributed by atoms with Crippen molar-refractivity contribution in [2.45, 2.75) is 70.1 Å². The second-order valence-corrected chi connectivity index (χ2v) is 4.60. The lowest BCUT2D eigenvalue weighted by Gasteiger charge is -2.20. The van der Waals surface area contributed by atoms with Crippen LogP contribution in [0.2, 0.25) is 0 Å². The van der Waals surface area contributed by atoms with Gasteiger partial charge in [-0.3, -0.25) is 0 Å². The minimum absolute atomic E-state index is 0.127. The standard InChI is InChI=1S/C11H24O5/c1-7(12)3-9(14)5-11(16)6-10(15)4-8(2)13/h7-16H,3-6H2,1-2H3/t7-,8+,9-,10+,11+. The molecule has 0 saturated heterocycles.